The lowest BCUT2D eigenvalue weighted by atomic mass is 9.49. The molecule has 0 spiro atoms. The number of furan rings is 1. The molecule has 5 nitrogen and oxygen atoms in total. The fourth-order valence-corrected chi connectivity index (χ4v) is 5.56. The Labute approximate surface area is 147 Å². The summed E-state index contributed by atoms with van der Waals surface area (Å²) in [7, 11) is 0. The van der Waals surface area contributed by atoms with Crippen molar-refractivity contribution in [2.45, 2.75) is 38.5 Å². The van der Waals surface area contributed by atoms with Crippen LogP contribution in [-0.2, 0) is 14.3 Å². The lowest BCUT2D eigenvalue weighted by Gasteiger charge is -2.56. The zero-order valence-electron chi connectivity index (χ0n) is 14.4. The zero-order chi connectivity index (χ0) is 17.3. The van der Waals surface area contributed by atoms with E-state index in [0.29, 0.717) is 11.2 Å². The summed E-state index contributed by atoms with van der Waals surface area (Å²) < 4.78 is 10.1. The molecule has 4 aliphatic carbocycles. The topological polar surface area (TPSA) is 68.5 Å². The van der Waals surface area contributed by atoms with E-state index in [0.717, 1.165) is 24.3 Å². The van der Waals surface area contributed by atoms with Gasteiger partial charge >= 0.3 is 5.97 Å². The number of ether oxygens (including phenoxy) is 1. The Morgan fingerprint density at radius 2 is 1.88 bits per heavy atom. The van der Waals surface area contributed by atoms with Gasteiger partial charge < -0.3 is 14.5 Å². The van der Waals surface area contributed by atoms with Gasteiger partial charge in [-0.05, 0) is 79.9 Å². The average Bonchev–Trinajstić information content (AvgIpc) is 3.09. The van der Waals surface area contributed by atoms with Crippen LogP contribution in [0.1, 0.15) is 44.3 Å². The van der Waals surface area contributed by atoms with Crippen LogP contribution in [0.5, 0.6) is 0 Å². The van der Waals surface area contributed by atoms with Crippen molar-refractivity contribution in [2.75, 3.05) is 13.2 Å². The van der Waals surface area contributed by atoms with Crippen LogP contribution in [0, 0.1) is 23.2 Å². The third-order valence-electron chi connectivity index (χ3n) is 6.10. The molecular formula is C20H25NO4. The summed E-state index contributed by atoms with van der Waals surface area (Å²) in [5.41, 5.74) is 0.299. The lowest BCUT2D eigenvalue weighted by Crippen LogP contribution is -2.51. The van der Waals surface area contributed by atoms with Crippen molar-refractivity contribution in [1.29, 1.82) is 0 Å². The highest BCUT2D eigenvalue weighted by Crippen LogP contribution is 2.59. The highest BCUT2D eigenvalue weighted by molar-refractivity contribution is 5.88. The van der Waals surface area contributed by atoms with E-state index in [1.807, 2.05) is 0 Å². The van der Waals surface area contributed by atoms with Crippen LogP contribution in [-0.4, -0.2) is 25.0 Å². The van der Waals surface area contributed by atoms with Crippen LogP contribution in [0.25, 0.3) is 6.08 Å². The van der Waals surface area contributed by atoms with Gasteiger partial charge in [-0.3, -0.25) is 4.79 Å². The Kier molecular flexibility index (Phi) is 4.40. The number of rotatable bonds is 6. The zero-order valence-corrected chi connectivity index (χ0v) is 14.4. The Balaban J connectivity index is 1.21. The molecule has 5 heteroatoms. The smallest absolute Gasteiger partial charge is 0.331 e. The molecule has 0 aliphatic heterocycles. The molecule has 5 rings (SSSR count). The first-order valence-electron chi connectivity index (χ1n) is 9.25. The summed E-state index contributed by atoms with van der Waals surface area (Å²) >= 11 is 0. The van der Waals surface area contributed by atoms with E-state index in [1.54, 1.807) is 12.1 Å². The van der Waals surface area contributed by atoms with E-state index in [9.17, 15) is 9.59 Å². The van der Waals surface area contributed by atoms with Crippen molar-refractivity contribution in [3.05, 3.63) is 30.2 Å². The van der Waals surface area contributed by atoms with Crippen molar-refractivity contribution in [3.63, 3.8) is 0 Å². The van der Waals surface area contributed by atoms with Gasteiger partial charge in [0.1, 0.15) is 5.76 Å². The van der Waals surface area contributed by atoms with Crippen LogP contribution >= 0.6 is 0 Å². The Hall–Kier alpha value is -2.04. The van der Waals surface area contributed by atoms with Crippen LogP contribution in [0.3, 0.4) is 0 Å². The molecule has 0 unspecified atom stereocenters. The second-order valence-electron chi connectivity index (χ2n) is 8.15. The molecule has 0 aromatic carbocycles. The second-order valence-corrected chi connectivity index (χ2v) is 8.15. The molecule has 4 aliphatic rings. The quantitative estimate of drug-likeness (QED) is 0.636. The monoisotopic (exact) mass is 343 g/mol. The average molecular weight is 343 g/mol. The maximum atomic E-state index is 12.0. The van der Waals surface area contributed by atoms with Gasteiger partial charge in [-0.2, -0.15) is 0 Å². The fourth-order valence-electron chi connectivity index (χ4n) is 5.56. The Morgan fingerprint density at radius 1 is 1.20 bits per heavy atom. The molecule has 4 saturated carbocycles. The minimum absolute atomic E-state index is 0.213. The Morgan fingerprint density at radius 3 is 2.48 bits per heavy atom. The summed E-state index contributed by atoms with van der Waals surface area (Å²) in [5, 5.41) is 3.01. The number of amides is 1. The molecule has 4 bridgehead atoms. The number of hydrogen-bond donors (Lipinski definition) is 1. The maximum Gasteiger partial charge on any atom is 0.331 e. The molecule has 1 aromatic rings. The van der Waals surface area contributed by atoms with Gasteiger partial charge in [0.05, 0.1) is 6.26 Å². The van der Waals surface area contributed by atoms with E-state index in [-0.39, 0.29) is 12.5 Å². The first-order chi connectivity index (χ1) is 12.1. The highest BCUT2D eigenvalue weighted by Gasteiger charge is 2.50. The summed E-state index contributed by atoms with van der Waals surface area (Å²) in [6.07, 6.45) is 12.3. The number of carbonyl (C=O) groups is 2. The third kappa shape index (κ3) is 3.80. The molecule has 134 valence electrons. The molecule has 1 aromatic heterocycles. The number of esters is 1. The predicted molar refractivity (Wildman–Crippen MR) is 92.3 cm³/mol. The normalized spacial score (nSPS) is 32.9. The van der Waals surface area contributed by atoms with Gasteiger partial charge in [0.2, 0.25) is 0 Å². The van der Waals surface area contributed by atoms with Crippen LogP contribution in [0.15, 0.2) is 28.9 Å². The van der Waals surface area contributed by atoms with Crippen molar-refractivity contribution < 1.29 is 18.7 Å². The van der Waals surface area contributed by atoms with Gasteiger partial charge in [0.15, 0.2) is 6.61 Å². The van der Waals surface area contributed by atoms with E-state index in [4.69, 9.17) is 9.15 Å². The van der Waals surface area contributed by atoms with Crippen molar-refractivity contribution >= 4 is 18.0 Å². The minimum atomic E-state index is -0.540. The molecule has 1 heterocycles. The van der Waals surface area contributed by atoms with E-state index >= 15 is 0 Å². The number of nitrogens with one attached hydrogen (secondary N) is 1. The SMILES string of the molecule is O=C(COC(=O)/C=C/c1ccco1)NCC12CC3CC(CC(C3)C1)C2. The number of hydrogen-bond acceptors (Lipinski definition) is 4. The van der Waals surface area contributed by atoms with Crippen LogP contribution in [0.2, 0.25) is 0 Å². The summed E-state index contributed by atoms with van der Waals surface area (Å²) in [6, 6.07) is 3.48. The van der Waals surface area contributed by atoms with Crippen LogP contribution in [0.4, 0.5) is 0 Å². The summed E-state index contributed by atoms with van der Waals surface area (Å²) in [4.78, 5) is 23.7. The number of carbonyl (C=O) groups excluding carboxylic acids is 2. The van der Waals surface area contributed by atoms with E-state index in [1.165, 1.54) is 56.9 Å². The third-order valence-corrected chi connectivity index (χ3v) is 6.10. The first kappa shape index (κ1) is 16.4. The molecule has 1 N–H and O–H groups in total. The second kappa shape index (κ2) is 6.70. The molecule has 0 atom stereocenters. The molecule has 1 amide bonds. The molecule has 0 saturated heterocycles. The predicted octanol–water partition coefficient (Wildman–Crippen LogP) is 3.17. The maximum absolute atomic E-state index is 12.0. The Bertz CT molecular complexity index is 626. The van der Waals surface area contributed by atoms with Gasteiger partial charge in [-0.25, -0.2) is 4.79 Å². The van der Waals surface area contributed by atoms with Crippen LogP contribution < -0.4 is 5.32 Å². The van der Waals surface area contributed by atoms with Gasteiger partial charge in [-0.15, -0.1) is 0 Å². The standard InChI is InChI=1S/C20H25NO4/c22-18(12-25-19(23)4-3-17-2-1-5-24-17)21-13-20-9-14-6-15(10-20)8-16(7-14)11-20/h1-5,14-16H,6-13H2,(H,21,22)/b4-3+. The summed E-state index contributed by atoms with van der Waals surface area (Å²) in [6.45, 7) is 0.503. The highest BCUT2D eigenvalue weighted by atomic mass is 16.5. The minimum Gasteiger partial charge on any atom is -0.465 e. The molecule has 25 heavy (non-hydrogen) atoms. The molecule has 4 fully saturated rings. The first-order valence-corrected chi connectivity index (χ1v) is 9.25. The van der Waals surface area contributed by atoms with Gasteiger partial charge in [-0.1, -0.05) is 0 Å². The van der Waals surface area contributed by atoms with E-state index in [2.05, 4.69) is 5.32 Å². The molecule has 0 radical (unpaired) electrons. The van der Waals surface area contributed by atoms with Gasteiger partial charge in [0, 0.05) is 12.6 Å². The summed E-state index contributed by atoms with van der Waals surface area (Å²) in [5.74, 6) is 2.42. The lowest BCUT2D eigenvalue weighted by molar-refractivity contribution is -0.144. The van der Waals surface area contributed by atoms with Gasteiger partial charge in [0.25, 0.3) is 5.91 Å². The van der Waals surface area contributed by atoms with Crippen molar-refractivity contribution in [2.24, 2.45) is 23.2 Å². The van der Waals surface area contributed by atoms with Crippen molar-refractivity contribution in [1.82, 2.24) is 5.32 Å². The molecular weight excluding hydrogens is 318 g/mol. The fraction of sp³-hybridized carbons (Fsp3) is 0.600. The van der Waals surface area contributed by atoms with Crippen molar-refractivity contribution in [3.8, 4) is 0 Å². The van der Waals surface area contributed by atoms with E-state index < -0.39 is 5.97 Å². The largest absolute Gasteiger partial charge is 0.465 e.